The second-order valence-corrected chi connectivity index (χ2v) is 9.29. The van der Waals surface area contributed by atoms with E-state index in [2.05, 4.69) is 31.9 Å². The van der Waals surface area contributed by atoms with Gasteiger partial charge in [-0.3, -0.25) is 14.5 Å². The van der Waals surface area contributed by atoms with Gasteiger partial charge in [-0.25, -0.2) is 4.79 Å². The maximum atomic E-state index is 12.7. The number of likely N-dealkylation sites (tertiary alicyclic amines) is 1. The van der Waals surface area contributed by atoms with Gasteiger partial charge in [0.2, 0.25) is 11.8 Å². The van der Waals surface area contributed by atoms with Crippen LogP contribution in [0.3, 0.4) is 0 Å². The number of nitrogens with zero attached hydrogens (tertiary/aromatic N) is 1. The van der Waals surface area contributed by atoms with Crippen LogP contribution < -0.4 is 0 Å². The largest absolute Gasteiger partial charge is 0.480 e. The molecule has 2 aliphatic carbocycles. The van der Waals surface area contributed by atoms with E-state index in [-0.39, 0.29) is 45.1 Å². The van der Waals surface area contributed by atoms with Crippen LogP contribution >= 0.6 is 43.6 Å². The third kappa shape index (κ3) is 2.28. The Morgan fingerprint density at radius 2 is 1.77 bits per heavy atom. The first-order chi connectivity index (χ1) is 10.4. The van der Waals surface area contributed by atoms with Gasteiger partial charge in [-0.15, -0.1) is 0 Å². The molecular weight excluding hydrogens is 438 g/mol. The van der Waals surface area contributed by atoms with Crippen molar-refractivity contribution in [1.82, 2.24) is 4.90 Å². The minimum atomic E-state index is -1.09. The number of imide groups is 1. The predicted octanol–water partition coefficient (Wildman–Crippen LogP) is 1.97. The molecule has 0 radical (unpaired) electrons. The Kier molecular flexibility index (Phi) is 4.64. The fraction of sp³-hybridized carbons (Fsp3) is 0.786. The van der Waals surface area contributed by atoms with E-state index in [4.69, 9.17) is 0 Å². The summed E-state index contributed by atoms with van der Waals surface area (Å²) in [6, 6.07) is -1.03. The maximum absolute atomic E-state index is 12.7. The fourth-order valence-electron chi connectivity index (χ4n) is 4.27. The first kappa shape index (κ1) is 16.8. The summed E-state index contributed by atoms with van der Waals surface area (Å²) >= 11 is 8.76. The zero-order chi connectivity index (χ0) is 16.2. The van der Waals surface area contributed by atoms with E-state index in [1.54, 1.807) is 0 Å². The maximum Gasteiger partial charge on any atom is 0.326 e. The fourth-order valence-corrected chi connectivity index (χ4v) is 6.60. The van der Waals surface area contributed by atoms with Crippen molar-refractivity contribution in [1.29, 1.82) is 0 Å². The van der Waals surface area contributed by atoms with Crippen LogP contribution in [0.4, 0.5) is 0 Å². The summed E-state index contributed by atoms with van der Waals surface area (Å²) in [6.07, 6.45) is 3.04. The normalized spacial score (nSPS) is 41.1. The summed E-state index contributed by atoms with van der Waals surface area (Å²) < 4.78 is 0. The molecule has 122 valence electrons. The molecule has 7 atom stereocenters. The van der Waals surface area contributed by atoms with Crippen molar-refractivity contribution in [2.45, 2.75) is 28.5 Å². The molecular formula is C14H17Br2NO4S. The highest BCUT2D eigenvalue weighted by atomic mass is 79.9. The van der Waals surface area contributed by atoms with E-state index >= 15 is 0 Å². The number of aliphatic carboxylic acids is 1. The topological polar surface area (TPSA) is 74.7 Å². The summed E-state index contributed by atoms with van der Waals surface area (Å²) in [6.45, 7) is 0. The Morgan fingerprint density at radius 3 is 2.18 bits per heavy atom. The average molecular weight is 455 g/mol. The number of carboxylic acids is 1. The van der Waals surface area contributed by atoms with Gasteiger partial charge in [-0.05, 0) is 36.7 Å². The van der Waals surface area contributed by atoms with Crippen LogP contribution in [0.15, 0.2) is 0 Å². The van der Waals surface area contributed by atoms with Gasteiger partial charge in [0.05, 0.1) is 11.8 Å². The quantitative estimate of drug-likeness (QED) is 0.507. The van der Waals surface area contributed by atoms with E-state index in [0.29, 0.717) is 12.2 Å². The second-order valence-electron chi connectivity index (χ2n) is 6.19. The standard InChI is InChI=1S/C14H17Br2NO4S/c1-22-3-2-7(14(20)21)17-12(18)8-5-4-6(9(8)13(17)19)11(16)10(5)15/h5-11H,2-4H2,1H3,(H,20,21)/t5-,6+,7?,8-,9+,10?,11?. The van der Waals surface area contributed by atoms with Crippen molar-refractivity contribution < 1.29 is 19.5 Å². The minimum Gasteiger partial charge on any atom is -0.480 e. The molecule has 0 aromatic carbocycles. The third-order valence-corrected chi connectivity index (χ3v) is 9.06. The summed E-state index contributed by atoms with van der Waals surface area (Å²) in [4.78, 5) is 38.4. The van der Waals surface area contributed by atoms with Crippen molar-refractivity contribution in [2.75, 3.05) is 12.0 Å². The highest BCUT2D eigenvalue weighted by Gasteiger charge is 2.67. The van der Waals surface area contributed by atoms with Crippen LogP contribution in [-0.4, -0.2) is 55.5 Å². The monoisotopic (exact) mass is 453 g/mol. The number of carbonyl (C=O) groups excluding carboxylic acids is 2. The van der Waals surface area contributed by atoms with Gasteiger partial charge >= 0.3 is 5.97 Å². The molecule has 0 spiro atoms. The van der Waals surface area contributed by atoms with Gasteiger partial charge in [0.25, 0.3) is 0 Å². The van der Waals surface area contributed by atoms with Gasteiger partial charge in [-0.1, -0.05) is 31.9 Å². The molecule has 2 saturated carbocycles. The van der Waals surface area contributed by atoms with Crippen LogP contribution in [0.2, 0.25) is 0 Å². The number of rotatable bonds is 5. The van der Waals surface area contributed by atoms with Crippen molar-refractivity contribution in [3.8, 4) is 0 Å². The lowest BCUT2D eigenvalue weighted by Gasteiger charge is -2.28. The molecule has 8 heteroatoms. The third-order valence-electron chi connectivity index (χ3n) is 5.21. The number of fused-ring (bicyclic) bond motifs is 5. The average Bonchev–Trinajstić information content (AvgIpc) is 3.06. The van der Waals surface area contributed by atoms with Gasteiger partial charge in [0.1, 0.15) is 6.04 Å². The predicted molar refractivity (Wildman–Crippen MR) is 90.3 cm³/mol. The molecule has 0 aromatic heterocycles. The molecule has 1 aliphatic heterocycles. The second kappa shape index (κ2) is 6.09. The first-order valence-electron chi connectivity index (χ1n) is 7.27. The zero-order valence-electron chi connectivity index (χ0n) is 11.9. The summed E-state index contributed by atoms with van der Waals surface area (Å²) in [5, 5.41) is 9.44. The number of amides is 2. The number of carboxylic acid groups (broad SMARTS) is 1. The van der Waals surface area contributed by atoms with Crippen LogP contribution in [0.1, 0.15) is 12.8 Å². The van der Waals surface area contributed by atoms with Crippen LogP contribution in [0.5, 0.6) is 0 Å². The van der Waals surface area contributed by atoms with Crippen molar-refractivity contribution >= 4 is 61.4 Å². The molecule has 2 bridgehead atoms. The Labute approximate surface area is 149 Å². The molecule has 2 amide bonds. The van der Waals surface area contributed by atoms with Crippen LogP contribution in [-0.2, 0) is 14.4 Å². The Balaban J connectivity index is 1.88. The lowest BCUT2D eigenvalue weighted by Crippen LogP contribution is -2.46. The van der Waals surface area contributed by atoms with Gasteiger partial charge in [0, 0.05) is 9.65 Å². The molecule has 3 unspecified atom stereocenters. The summed E-state index contributed by atoms with van der Waals surface area (Å²) in [7, 11) is 0. The Bertz CT molecular complexity index is 499. The molecule has 1 heterocycles. The van der Waals surface area contributed by atoms with E-state index < -0.39 is 12.0 Å². The van der Waals surface area contributed by atoms with Crippen LogP contribution in [0.25, 0.3) is 0 Å². The highest BCUT2D eigenvalue weighted by molar-refractivity contribution is 9.12. The molecule has 5 nitrogen and oxygen atoms in total. The van der Waals surface area contributed by atoms with E-state index in [9.17, 15) is 19.5 Å². The number of alkyl halides is 2. The zero-order valence-corrected chi connectivity index (χ0v) is 15.9. The Morgan fingerprint density at radius 1 is 1.27 bits per heavy atom. The Hall–Kier alpha value is -0.0800. The number of hydrogen-bond donors (Lipinski definition) is 1. The lowest BCUT2D eigenvalue weighted by atomic mass is 9.81. The van der Waals surface area contributed by atoms with Crippen molar-refractivity contribution in [3.63, 3.8) is 0 Å². The van der Waals surface area contributed by atoms with Gasteiger partial charge < -0.3 is 5.11 Å². The molecule has 22 heavy (non-hydrogen) atoms. The number of hydrogen-bond acceptors (Lipinski definition) is 4. The number of thioether (sulfide) groups is 1. The molecule has 3 fully saturated rings. The molecule has 3 aliphatic rings. The van der Waals surface area contributed by atoms with Crippen molar-refractivity contribution in [3.05, 3.63) is 0 Å². The highest BCUT2D eigenvalue weighted by Crippen LogP contribution is 2.60. The summed E-state index contributed by atoms with van der Waals surface area (Å²) in [5.41, 5.74) is 0. The van der Waals surface area contributed by atoms with E-state index in [1.807, 2.05) is 6.26 Å². The summed E-state index contributed by atoms with van der Waals surface area (Å²) in [5.74, 6) is -1.47. The number of halogens is 2. The van der Waals surface area contributed by atoms with Crippen molar-refractivity contribution in [2.24, 2.45) is 23.7 Å². The molecule has 3 rings (SSSR count). The van der Waals surface area contributed by atoms with E-state index in [1.165, 1.54) is 11.8 Å². The number of carbonyl (C=O) groups is 3. The smallest absolute Gasteiger partial charge is 0.326 e. The lowest BCUT2D eigenvalue weighted by molar-refractivity contribution is -0.155. The minimum absolute atomic E-state index is 0.121. The first-order valence-corrected chi connectivity index (χ1v) is 10.5. The molecule has 1 saturated heterocycles. The molecule has 0 aromatic rings. The SMILES string of the molecule is CSCCC(C(=O)O)N1C(=O)[C@@H]2[C@H](C1=O)[C@H]1C[C@@H]2C(Br)C1Br. The van der Waals surface area contributed by atoms with Crippen LogP contribution in [0, 0.1) is 23.7 Å². The van der Waals surface area contributed by atoms with Gasteiger partial charge in [0.15, 0.2) is 0 Å². The molecule has 1 N–H and O–H groups in total. The van der Waals surface area contributed by atoms with Gasteiger partial charge in [-0.2, -0.15) is 11.8 Å². The van der Waals surface area contributed by atoms with E-state index in [0.717, 1.165) is 11.3 Å².